The van der Waals surface area contributed by atoms with E-state index in [9.17, 15) is 9.18 Å². The molecule has 0 aliphatic carbocycles. The first-order valence-corrected chi connectivity index (χ1v) is 10.5. The van der Waals surface area contributed by atoms with Gasteiger partial charge in [0, 0.05) is 30.7 Å². The van der Waals surface area contributed by atoms with Crippen LogP contribution in [0.25, 0.3) is 0 Å². The number of benzene rings is 2. The van der Waals surface area contributed by atoms with E-state index in [0.717, 1.165) is 5.56 Å². The third kappa shape index (κ3) is 4.69. The van der Waals surface area contributed by atoms with Crippen LogP contribution in [0.3, 0.4) is 0 Å². The van der Waals surface area contributed by atoms with Gasteiger partial charge in [0.25, 0.3) is 0 Å². The average Bonchev–Trinajstić information content (AvgIpc) is 3.13. The molecule has 160 valence electrons. The summed E-state index contributed by atoms with van der Waals surface area (Å²) in [5, 5.41) is 4.07. The molecule has 0 aromatic heterocycles. The van der Waals surface area contributed by atoms with Gasteiger partial charge in [0.2, 0.25) is 0 Å². The number of ether oxygens (including phenoxy) is 2. The van der Waals surface area contributed by atoms with Crippen molar-refractivity contribution in [3.8, 4) is 0 Å². The Hall–Kier alpha value is -2.35. The van der Waals surface area contributed by atoms with Gasteiger partial charge in [-0.05, 0) is 42.8 Å². The van der Waals surface area contributed by atoms with E-state index >= 15 is 0 Å². The minimum Gasteiger partial charge on any atom is -0.443 e. The molecule has 2 aromatic rings. The number of hydrogen-bond donors (Lipinski definition) is 1. The lowest BCUT2D eigenvalue weighted by Gasteiger charge is -2.29. The number of morpholine rings is 1. The van der Waals surface area contributed by atoms with Gasteiger partial charge < -0.3 is 19.7 Å². The average molecular weight is 434 g/mol. The standard InChI is InChI=1S/C22H25ClFN3O3/c1-15(16-2-4-17(23)5-3-16)25-13-19-14-27(22(28)30-19)18-6-7-21(20(24)12-18)26-8-10-29-11-9-26/h2-7,12,15,19,25H,8-11,13-14H2,1H3/t15-,19-/m0/s1. The molecule has 0 spiro atoms. The summed E-state index contributed by atoms with van der Waals surface area (Å²) < 4.78 is 25.5. The summed E-state index contributed by atoms with van der Waals surface area (Å²) in [6.07, 6.45) is -0.770. The lowest BCUT2D eigenvalue weighted by molar-refractivity contribution is 0.122. The summed E-state index contributed by atoms with van der Waals surface area (Å²) in [6.45, 7) is 5.39. The molecular weight excluding hydrogens is 409 g/mol. The zero-order chi connectivity index (χ0) is 21.1. The Morgan fingerprint density at radius 3 is 2.63 bits per heavy atom. The van der Waals surface area contributed by atoms with Crippen LogP contribution in [0, 0.1) is 5.82 Å². The fourth-order valence-electron chi connectivity index (χ4n) is 3.74. The van der Waals surface area contributed by atoms with Gasteiger partial charge in [0.15, 0.2) is 0 Å². The van der Waals surface area contributed by atoms with Gasteiger partial charge in [0.05, 0.1) is 31.1 Å². The van der Waals surface area contributed by atoms with E-state index in [2.05, 4.69) is 5.32 Å². The summed E-state index contributed by atoms with van der Waals surface area (Å²) in [7, 11) is 0. The minimum atomic E-state index is -0.459. The number of nitrogens with one attached hydrogen (secondary N) is 1. The molecule has 8 heteroatoms. The van der Waals surface area contributed by atoms with Crippen molar-refractivity contribution < 1.29 is 18.7 Å². The van der Waals surface area contributed by atoms with Gasteiger partial charge in [-0.2, -0.15) is 0 Å². The van der Waals surface area contributed by atoms with Gasteiger partial charge in [-0.1, -0.05) is 23.7 Å². The van der Waals surface area contributed by atoms with Crippen LogP contribution in [-0.2, 0) is 9.47 Å². The van der Waals surface area contributed by atoms with E-state index in [1.165, 1.54) is 11.0 Å². The van der Waals surface area contributed by atoms with Gasteiger partial charge in [-0.15, -0.1) is 0 Å². The zero-order valence-electron chi connectivity index (χ0n) is 16.8. The molecule has 30 heavy (non-hydrogen) atoms. The number of rotatable bonds is 6. The highest BCUT2D eigenvalue weighted by molar-refractivity contribution is 6.30. The number of cyclic esters (lactones) is 1. The number of hydrogen-bond acceptors (Lipinski definition) is 5. The maximum absolute atomic E-state index is 14.7. The summed E-state index contributed by atoms with van der Waals surface area (Å²) in [5.74, 6) is -0.347. The number of nitrogens with zero attached hydrogens (tertiary/aromatic N) is 2. The van der Waals surface area contributed by atoms with E-state index in [-0.39, 0.29) is 18.0 Å². The third-order valence-corrected chi connectivity index (χ3v) is 5.74. The van der Waals surface area contributed by atoms with Crippen molar-refractivity contribution in [2.75, 3.05) is 49.2 Å². The number of anilines is 2. The van der Waals surface area contributed by atoms with Crippen LogP contribution in [0.1, 0.15) is 18.5 Å². The molecule has 2 aliphatic rings. The molecule has 2 fully saturated rings. The number of amides is 1. The SMILES string of the molecule is C[C@H](NC[C@H]1CN(c2ccc(N3CCOCC3)c(F)c2)C(=O)O1)c1ccc(Cl)cc1. The Kier molecular flexibility index (Phi) is 6.41. The van der Waals surface area contributed by atoms with Crippen molar-refractivity contribution in [2.24, 2.45) is 0 Å². The van der Waals surface area contributed by atoms with Gasteiger partial charge in [0.1, 0.15) is 11.9 Å². The molecule has 0 radical (unpaired) electrons. The van der Waals surface area contributed by atoms with Gasteiger partial charge in [-0.3, -0.25) is 4.90 Å². The number of halogens is 2. The Morgan fingerprint density at radius 2 is 1.93 bits per heavy atom. The fourth-order valence-corrected chi connectivity index (χ4v) is 3.87. The van der Waals surface area contributed by atoms with Crippen molar-refractivity contribution in [3.05, 3.63) is 58.9 Å². The monoisotopic (exact) mass is 433 g/mol. The van der Waals surface area contributed by atoms with Crippen molar-refractivity contribution in [2.45, 2.75) is 19.1 Å². The summed E-state index contributed by atoms with van der Waals surface area (Å²) in [5.41, 5.74) is 2.13. The Morgan fingerprint density at radius 1 is 1.20 bits per heavy atom. The molecule has 0 unspecified atom stereocenters. The Balaban J connectivity index is 1.36. The Labute approximate surface area is 180 Å². The van der Waals surface area contributed by atoms with Gasteiger partial charge in [-0.25, -0.2) is 9.18 Å². The largest absolute Gasteiger partial charge is 0.443 e. The van der Waals surface area contributed by atoms with Crippen molar-refractivity contribution in [1.29, 1.82) is 0 Å². The first-order chi connectivity index (χ1) is 14.5. The first kappa shape index (κ1) is 20.9. The van der Waals surface area contributed by atoms with Crippen LogP contribution in [-0.4, -0.2) is 51.6 Å². The second kappa shape index (κ2) is 9.20. The molecule has 2 saturated heterocycles. The quantitative estimate of drug-likeness (QED) is 0.746. The second-order valence-electron chi connectivity index (χ2n) is 7.53. The van der Waals surface area contributed by atoms with Crippen molar-refractivity contribution in [1.82, 2.24) is 5.32 Å². The van der Waals surface area contributed by atoms with Crippen LogP contribution in [0.4, 0.5) is 20.6 Å². The highest BCUT2D eigenvalue weighted by Crippen LogP contribution is 2.28. The smallest absolute Gasteiger partial charge is 0.414 e. The topological polar surface area (TPSA) is 54.0 Å². The van der Waals surface area contributed by atoms with E-state index in [1.807, 2.05) is 36.1 Å². The summed E-state index contributed by atoms with van der Waals surface area (Å²) >= 11 is 5.93. The van der Waals surface area contributed by atoms with Crippen molar-refractivity contribution in [3.63, 3.8) is 0 Å². The molecule has 1 N–H and O–H groups in total. The molecule has 0 saturated carbocycles. The molecule has 0 bridgehead atoms. The van der Waals surface area contributed by atoms with Gasteiger partial charge >= 0.3 is 6.09 Å². The zero-order valence-corrected chi connectivity index (χ0v) is 17.6. The lowest BCUT2D eigenvalue weighted by atomic mass is 10.1. The van der Waals surface area contributed by atoms with E-state index < -0.39 is 6.09 Å². The fraction of sp³-hybridized carbons (Fsp3) is 0.409. The summed E-state index contributed by atoms with van der Waals surface area (Å²) in [4.78, 5) is 15.8. The number of carbonyl (C=O) groups excluding carboxylic acids is 1. The van der Waals surface area contributed by atoms with Crippen LogP contribution in [0.5, 0.6) is 0 Å². The molecule has 6 nitrogen and oxygen atoms in total. The van der Waals surface area contributed by atoms with E-state index in [0.29, 0.717) is 55.8 Å². The number of carbonyl (C=O) groups is 1. The maximum atomic E-state index is 14.7. The van der Waals surface area contributed by atoms with Crippen LogP contribution < -0.4 is 15.1 Å². The van der Waals surface area contributed by atoms with E-state index in [4.69, 9.17) is 21.1 Å². The van der Waals surface area contributed by atoms with Crippen LogP contribution in [0.15, 0.2) is 42.5 Å². The first-order valence-electron chi connectivity index (χ1n) is 10.1. The molecule has 1 amide bonds. The minimum absolute atomic E-state index is 0.0836. The van der Waals surface area contributed by atoms with Crippen LogP contribution in [0.2, 0.25) is 5.02 Å². The van der Waals surface area contributed by atoms with E-state index in [1.54, 1.807) is 12.1 Å². The summed E-state index contributed by atoms with van der Waals surface area (Å²) in [6, 6.07) is 12.6. The van der Waals surface area contributed by atoms with Crippen LogP contribution >= 0.6 is 11.6 Å². The Bertz CT molecular complexity index is 890. The maximum Gasteiger partial charge on any atom is 0.414 e. The van der Waals surface area contributed by atoms with Crippen molar-refractivity contribution >= 4 is 29.1 Å². The predicted octanol–water partition coefficient (Wildman–Crippen LogP) is 3.99. The third-order valence-electron chi connectivity index (χ3n) is 5.49. The molecule has 2 aliphatic heterocycles. The molecule has 2 aromatic carbocycles. The molecular formula is C22H25ClFN3O3. The molecule has 2 heterocycles. The second-order valence-corrected chi connectivity index (χ2v) is 7.97. The highest BCUT2D eigenvalue weighted by Gasteiger charge is 2.33. The molecule has 2 atom stereocenters. The lowest BCUT2D eigenvalue weighted by Crippen LogP contribution is -2.36. The predicted molar refractivity (Wildman–Crippen MR) is 115 cm³/mol. The normalized spacial score (nSPS) is 20.4. The molecule has 4 rings (SSSR count). The highest BCUT2D eigenvalue weighted by atomic mass is 35.5.